The summed E-state index contributed by atoms with van der Waals surface area (Å²) in [5.74, 6) is 0.145. The van der Waals surface area contributed by atoms with Crippen LogP contribution in [-0.2, 0) is 13.0 Å². The van der Waals surface area contributed by atoms with Gasteiger partial charge < -0.3 is 14.8 Å². The fourth-order valence-electron chi connectivity index (χ4n) is 3.10. The van der Waals surface area contributed by atoms with Gasteiger partial charge in [0.05, 0.1) is 5.56 Å². The van der Waals surface area contributed by atoms with Crippen LogP contribution >= 0.6 is 0 Å². The maximum absolute atomic E-state index is 12.6. The van der Waals surface area contributed by atoms with Gasteiger partial charge >= 0.3 is 5.63 Å². The van der Waals surface area contributed by atoms with Crippen LogP contribution in [-0.4, -0.2) is 11.1 Å². The molecule has 0 aliphatic rings. The van der Waals surface area contributed by atoms with Gasteiger partial charge in [0.2, 0.25) is 0 Å². The van der Waals surface area contributed by atoms with Crippen molar-refractivity contribution in [1.29, 1.82) is 0 Å². The van der Waals surface area contributed by atoms with Crippen LogP contribution in [0.1, 0.15) is 42.5 Å². The van der Waals surface area contributed by atoms with E-state index in [1.54, 1.807) is 6.07 Å². The molecule has 0 unspecified atom stereocenters. The summed E-state index contributed by atoms with van der Waals surface area (Å²) < 4.78 is 5.67. The normalized spacial score (nSPS) is 12.4. The van der Waals surface area contributed by atoms with Crippen molar-refractivity contribution in [3.63, 3.8) is 0 Å². The largest absolute Gasteiger partial charge is 0.507 e. The highest BCUT2D eigenvalue weighted by Gasteiger charge is 2.17. The maximum Gasteiger partial charge on any atom is 0.340 e. The average molecular weight is 351 g/mol. The molecule has 0 amide bonds. The van der Waals surface area contributed by atoms with Crippen molar-refractivity contribution >= 4 is 11.0 Å². The van der Waals surface area contributed by atoms with E-state index in [1.165, 1.54) is 0 Å². The molecule has 0 radical (unpaired) electrons. The highest BCUT2D eigenvalue weighted by Crippen LogP contribution is 2.30. The molecule has 1 aromatic heterocycles. The summed E-state index contributed by atoms with van der Waals surface area (Å²) in [7, 11) is 0. The Hall–Kier alpha value is -2.59. The van der Waals surface area contributed by atoms with E-state index in [4.69, 9.17) is 4.42 Å². The lowest BCUT2D eigenvalue weighted by Crippen LogP contribution is -2.24. The molecule has 1 atom stereocenters. The Morgan fingerprint density at radius 1 is 1.12 bits per heavy atom. The van der Waals surface area contributed by atoms with Crippen LogP contribution in [0.4, 0.5) is 0 Å². The summed E-state index contributed by atoms with van der Waals surface area (Å²) in [5, 5.41) is 14.5. The molecule has 0 spiro atoms. The summed E-state index contributed by atoms with van der Waals surface area (Å²) in [6.07, 6.45) is 1.52. The lowest BCUT2D eigenvalue weighted by Gasteiger charge is -2.15. The first-order chi connectivity index (χ1) is 12.5. The Morgan fingerprint density at radius 2 is 1.85 bits per heavy atom. The van der Waals surface area contributed by atoms with Crippen molar-refractivity contribution < 1.29 is 9.52 Å². The summed E-state index contributed by atoms with van der Waals surface area (Å²) >= 11 is 0. The zero-order valence-corrected chi connectivity index (χ0v) is 15.5. The fraction of sp³-hybridized carbons (Fsp3) is 0.318. The molecule has 3 aromatic rings. The number of aromatic hydroxyl groups is 1. The van der Waals surface area contributed by atoms with Crippen LogP contribution in [0.3, 0.4) is 0 Å². The van der Waals surface area contributed by atoms with Crippen molar-refractivity contribution in [2.75, 3.05) is 0 Å². The van der Waals surface area contributed by atoms with Gasteiger partial charge in [-0.1, -0.05) is 37.3 Å². The quantitative estimate of drug-likeness (QED) is 0.651. The molecule has 0 aliphatic heterocycles. The van der Waals surface area contributed by atoms with Gasteiger partial charge in [0.1, 0.15) is 11.3 Å². The predicted octanol–water partition coefficient (Wildman–Crippen LogP) is 4.29. The van der Waals surface area contributed by atoms with Crippen LogP contribution in [0.2, 0.25) is 0 Å². The standard InChI is InChI=1S/C22H25NO3/c1-4-14(2)23-13-19-20(24)11-10-17-15(3)18(22(25)26-21(17)19)12-16-8-6-5-7-9-16/h5-11,14,23-24H,4,12-13H2,1-3H3/t14-/m1/s1. The van der Waals surface area contributed by atoms with E-state index < -0.39 is 0 Å². The Kier molecular flexibility index (Phi) is 5.43. The van der Waals surface area contributed by atoms with Gasteiger partial charge in [0.25, 0.3) is 0 Å². The minimum atomic E-state index is -0.339. The average Bonchev–Trinajstić information content (AvgIpc) is 2.65. The highest BCUT2D eigenvalue weighted by molar-refractivity contribution is 5.85. The van der Waals surface area contributed by atoms with E-state index in [0.717, 1.165) is 22.9 Å². The van der Waals surface area contributed by atoms with E-state index in [0.29, 0.717) is 35.7 Å². The number of aryl methyl sites for hydroxylation is 1. The molecule has 2 aromatic carbocycles. The molecule has 2 N–H and O–H groups in total. The van der Waals surface area contributed by atoms with Crippen molar-refractivity contribution in [2.45, 2.75) is 46.2 Å². The highest BCUT2D eigenvalue weighted by atomic mass is 16.4. The molecule has 0 saturated carbocycles. The lowest BCUT2D eigenvalue weighted by molar-refractivity contribution is 0.453. The number of benzene rings is 2. The SMILES string of the molecule is CC[C@@H](C)NCc1c(O)ccc2c(C)c(Cc3ccccc3)c(=O)oc12. The molecule has 0 bridgehead atoms. The molecule has 1 heterocycles. The molecule has 3 rings (SSSR count). The molecular weight excluding hydrogens is 326 g/mol. The van der Waals surface area contributed by atoms with Crippen molar-refractivity contribution in [3.8, 4) is 5.75 Å². The van der Waals surface area contributed by atoms with Gasteiger partial charge in [-0.05, 0) is 43.5 Å². The Bertz CT molecular complexity index is 961. The topological polar surface area (TPSA) is 62.5 Å². The van der Waals surface area contributed by atoms with Gasteiger partial charge in [0, 0.05) is 30.0 Å². The van der Waals surface area contributed by atoms with Gasteiger partial charge in [0.15, 0.2) is 0 Å². The van der Waals surface area contributed by atoms with E-state index in [9.17, 15) is 9.90 Å². The summed E-state index contributed by atoms with van der Waals surface area (Å²) in [4.78, 5) is 12.6. The van der Waals surface area contributed by atoms with Crippen LogP contribution < -0.4 is 10.9 Å². The zero-order chi connectivity index (χ0) is 18.7. The zero-order valence-electron chi connectivity index (χ0n) is 15.5. The third-order valence-corrected chi connectivity index (χ3v) is 5.00. The molecule has 136 valence electrons. The first-order valence-electron chi connectivity index (χ1n) is 9.05. The van der Waals surface area contributed by atoms with Crippen molar-refractivity contribution in [2.24, 2.45) is 0 Å². The molecule has 0 fully saturated rings. The second-order valence-electron chi connectivity index (χ2n) is 6.79. The number of hydrogen-bond acceptors (Lipinski definition) is 4. The Labute approximate surface area is 153 Å². The molecular formula is C22H25NO3. The van der Waals surface area contributed by atoms with Gasteiger partial charge in [-0.25, -0.2) is 4.79 Å². The fourth-order valence-corrected chi connectivity index (χ4v) is 3.10. The smallest absolute Gasteiger partial charge is 0.340 e. The first kappa shape index (κ1) is 18.2. The summed E-state index contributed by atoms with van der Waals surface area (Å²) in [6, 6.07) is 13.7. The van der Waals surface area contributed by atoms with Crippen LogP contribution in [0.25, 0.3) is 11.0 Å². The molecule has 4 nitrogen and oxygen atoms in total. The number of nitrogens with one attached hydrogen (secondary N) is 1. The van der Waals surface area contributed by atoms with E-state index in [-0.39, 0.29) is 11.4 Å². The number of phenols is 1. The minimum Gasteiger partial charge on any atom is -0.507 e. The number of hydrogen-bond donors (Lipinski definition) is 2. The number of fused-ring (bicyclic) bond motifs is 1. The van der Waals surface area contributed by atoms with Crippen LogP contribution in [0.5, 0.6) is 5.75 Å². The van der Waals surface area contributed by atoms with Gasteiger partial charge in [-0.2, -0.15) is 0 Å². The van der Waals surface area contributed by atoms with E-state index in [2.05, 4.69) is 19.2 Å². The first-order valence-corrected chi connectivity index (χ1v) is 9.05. The van der Waals surface area contributed by atoms with Gasteiger partial charge in [-0.3, -0.25) is 0 Å². The Balaban J connectivity index is 2.07. The van der Waals surface area contributed by atoms with E-state index in [1.807, 2.05) is 43.3 Å². The predicted molar refractivity (Wildman–Crippen MR) is 105 cm³/mol. The van der Waals surface area contributed by atoms with Gasteiger partial charge in [-0.15, -0.1) is 0 Å². The summed E-state index contributed by atoms with van der Waals surface area (Å²) in [6.45, 7) is 6.58. The molecule has 0 saturated heterocycles. The third-order valence-electron chi connectivity index (χ3n) is 5.00. The molecule has 26 heavy (non-hydrogen) atoms. The lowest BCUT2D eigenvalue weighted by atomic mass is 9.98. The third kappa shape index (κ3) is 3.65. The monoisotopic (exact) mass is 351 g/mol. The Morgan fingerprint density at radius 3 is 2.54 bits per heavy atom. The minimum absolute atomic E-state index is 0.145. The number of rotatable bonds is 6. The summed E-state index contributed by atoms with van der Waals surface area (Å²) in [5.41, 5.74) is 3.41. The second-order valence-corrected chi connectivity index (χ2v) is 6.79. The maximum atomic E-state index is 12.6. The van der Waals surface area contributed by atoms with Crippen LogP contribution in [0.15, 0.2) is 51.7 Å². The number of phenolic OH excluding ortho intramolecular Hbond substituents is 1. The molecule has 0 aliphatic carbocycles. The van der Waals surface area contributed by atoms with E-state index >= 15 is 0 Å². The second kappa shape index (κ2) is 7.75. The molecule has 4 heteroatoms. The van der Waals surface area contributed by atoms with Crippen molar-refractivity contribution in [1.82, 2.24) is 5.32 Å². The van der Waals surface area contributed by atoms with Crippen molar-refractivity contribution in [3.05, 3.63) is 75.1 Å². The van der Waals surface area contributed by atoms with Crippen LogP contribution in [0, 0.1) is 6.92 Å².